The van der Waals surface area contributed by atoms with Gasteiger partial charge >= 0.3 is 0 Å². The Hall–Kier alpha value is -3.99. The van der Waals surface area contributed by atoms with Crippen molar-refractivity contribution >= 4 is 16.7 Å². The summed E-state index contributed by atoms with van der Waals surface area (Å²) in [6, 6.07) is 12.4. The van der Waals surface area contributed by atoms with Crippen LogP contribution >= 0.6 is 0 Å². The van der Waals surface area contributed by atoms with Gasteiger partial charge in [0.05, 0.1) is 23.9 Å². The molecule has 0 N–H and O–H groups in total. The highest BCUT2D eigenvalue weighted by atomic mass is 19.1. The van der Waals surface area contributed by atoms with Crippen LogP contribution < -0.4 is 15.2 Å². The number of halogens is 1. The number of nitrogens with zero attached hydrogens (tertiary/aromatic N) is 6. The predicted octanol–water partition coefficient (Wildman–Crippen LogP) is 5.05. The molecule has 1 aliphatic carbocycles. The van der Waals surface area contributed by atoms with E-state index in [4.69, 9.17) is 9.57 Å². The van der Waals surface area contributed by atoms with Crippen molar-refractivity contribution in [2.45, 2.75) is 64.6 Å². The molecule has 0 radical (unpaired) electrons. The zero-order valence-corrected chi connectivity index (χ0v) is 24.6. The fraction of sp³-hybridized carbons (Fsp3) is 0.484. The van der Waals surface area contributed by atoms with Crippen LogP contribution in [0.25, 0.3) is 11.0 Å². The van der Waals surface area contributed by atoms with Crippen molar-refractivity contribution in [2.24, 2.45) is 13.0 Å². The summed E-state index contributed by atoms with van der Waals surface area (Å²) in [6.07, 6.45) is 3.56. The van der Waals surface area contributed by atoms with Gasteiger partial charge in [-0.25, -0.2) is 9.37 Å². The molecule has 4 rings (SSSR count). The van der Waals surface area contributed by atoms with Crippen LogP contribution in [0.2, 0.25) is 0 Å². The molecule has 1 aliphatic rings. The fourth-order valence-electron chi connectivity index (χ4n) is 5.61. The Balaban J connectivity index is 1.53. The van der Waals surface area contributed by atoms with Gasteiger partial charge in [0.25, 0.3) is 5.56 Å². The SMILES string of the molecule is COc1cc(CN(CC2CCC(N(C)c3c(C#N)c(=O)n(C)c4ccc(C#N)nc34)CC2)OC(C)(C)C)ccc1F. The van der Waals surface area contributed by atoms with E-state index < -0.39 is 11.4 Å². The molecule has 0 saturated heterocycles. The maximum atomic E-state index is 14.0. The molecule has 2 heterocycles. The Morgan fingerprint density at radius 2 is 1.83 bits per heavy atom. The fourth-order valence-corrected chi connectivity index (χ4v) is 5.61. The number of fused-ring (bicyclic) bond motifs is 1. The van der Waals surface area contributed by atoms with Crippen molar-refractivity contribution in [2.75, 3.05) is 25.6 Å². The van der Waals surface area contributed by atoms with Crippen LogP contribution in [0.5, 0.6) is 5.75 Å². The van der Waals surface area contributed by atoms with Crippen LogP contribution in [-0.2, 0) is 18.4 Å². The zero-order valence-electron chi connectivity index (χ0n) is 24.6. The molecule has 0 unspecified atom stereocenters. The first-order valence-corrected chi connectivity index (χ1v) is 13.8. The smallest absolute Gasteiger partial charge is 0.270 e. The Morgan fingerprint density at radius 3 is 2.44 bits per heavy atom. The summed E-state index contributed by atoms with van der Waals surface area (Å²) in [5, 5.41) is 21.3. The number of nitriles is 2. The number of aromatic nitrogens is 2. The second-order valence-electron chi connectivity index (χ2n) is 11.7. The third-order valence-electron chi connectivity index (χ3n) is 7.60. The summed E-state index contributed by atoms with van der Waals surface area (Å²) in [7, 11) is 4.97. The molecule has 0 atom stereocenters. The summed E-state index contributed by atoms with van der Waals surface area (Å²) in [5.74, 6) is 0.172. The van der Waals surface area contributed by atoms with Crippen molar-refractivity contribution in [1.82, 2.24) is 14.6 Å². The van der Waals surface area contributed by atoms with E-state index in [1.54, 1.807) is 31.3 Å². The van der Waals surface area contributed by atoms with Gasteiger partial charge in [-0.2, -0.15) is 15.6 Å². The molecule has 1 fully saturated rings. The molecule has 9 nitrogen and oxygen atoms in total. The number of hydrogen-bond donors (Lipinski definition) is 0. The predicted molar refractivity (Wildman–Crippen MR) is 155 cm³/mol. The van der Waals surface area contributed by atoms with Gasteiger partial charge in [0.2, 0.25) is 0 Å². The first-order chi connectivity index (χ1) is 19.4. The molecule has 0 spiro atoms. The molecule has 1 aromatic carbocycles. The first-order valence-electron chi connectivity index (χ1n) is 13.8. The summed E-state index contributed by atoms with van der Waals surface area (Å²) in [6.45, 7) is 7.21. The number of ether oxygens (including phenoxy) is 1. The Morgan fingerprint density at radius 1 is 1.12 bits per heavy atom. The Labute approximate surface area is 240 Å². The minimum Gasteiger partial charge on any atom is -0.494 e. The lowest BCUT2D eigenvalue weighted by molar-refractivity contribution is -0.240. The number of aryl methyl sites for hydroxylation is 1. The topological polar surface area (TPSA) is 107 Å². The monoisotopic (exact) mass is 560 g/mol. The molecule has 0 bridgehead atoms. The molecule has 216 valence electrons. The summed E-state index contributed by atoms with van der Waals surface area (Å²) < 4.78 is 20.5. The lowest BCUT2D eigenvalue weighted by Gasteiger charge is -2.39. The highest BCUT2D eigenvalue weighted by molar-refractivity contribution is 5.92. The molecule has 3 aromatic rings. The molecule has 2 aromatic heterocycles. The van der Waals surface area contributed by atoms with E-state index in [1.165, 1.54) is 17.7 Å². The van der Waals surface area contributed by atoms with Gasteiger partial charge in [-0.3, -0.25) is 9.63 Å². The van der Waals surface area contributed by atoms with Crippen molar-refractivity contribution in [3.63, 3.8) is 0 Å². The molecule has 0 amide bonds. The lowest BCUT2D eigenvalue weighted by Crippen LogP contribution is -2.41. The molecular weight excluding hydrogens is 523 g/mol. The summed E-state index contributed by atoms with van der Waals surface area (Å²) >= 11 is 0. The second kappa shape index (κ2) is 12.3. The van der Waals surface area contributed by atoms with Crippen LogP contribution in [0.15, 0.2) is 35.1 Å². The molecular formula is C31H37FN6O3. The quantitative estimate of drug-likeness (QED) is 0.352. The molecule has 1 saturated carbocycles. The number of anilines is 1. The number of hydrogen-bond acceptors (Lipinski definition) is 8. The van der Waals surface area contributed by atoms with Crippen LogP contribution in [0, 0.1) is 34.4 Å². The number of rotatable bonds is 8. The van der Waals surface area contributed by atoms with Crippen LogP contribution in [0.3, 0.4) is 0 Å². The lowest BCUT2D eigenvalue weighted by atomic mass is 9.85. The van der Waals surface area contributed by atoms with Gasteiger partial charge in [-0.15, -0.1) is 0 Å². The number of hydroxylamine groups is 2. The Kier molecular flexibility index (Phi) is 8.96. The van der Waals surface area contributed by atoms with Crippen molar-refractivity contribution in [3.05, 3.63) is 63.3 Å². The molecule has 10 heteroatoms. The van der Waals surface area contributed by atoms with Crippen molar-refractivity contribution < 1.29 is 14.0 Å². The van der Waals surface area contributed by atoms with Gasteiger partial charge in [0.15, 0.2) is 11.6 Å². The van der Waals surface area contributed by atoms with Crippen LogP contribution in [-0.4, -0.2) is 47.0 Å². The van der Waals surface area contributed by atoms with Gasteiger partial charge < -0.3 is 14.2 Å². The normalized spacial score (nSPS) is 17.3. The van der Waals surface area contributed by atoms with Gasteiger partial charge in [-0.05, 0) is 82.2 Å². The first kappa shape index (κ1) is 30.0. The average molecular weight is 561 g/mol. The summed E-state index contributed by atoms with van der Waals surface area (Å²) in [4.78, 5) is 25.8. The van der Waals surface area contributed by atoms with Gasteiger partial charge in [-0.1, -0.05) is 6.07 Å². The zero-order chi connectivity index (χ0) is 29.9. The van der Waals surface area contributed by atoms with E-state index in [1.807, 2.05) is 37.8 Å². The largest absolute Gasteiger partial charge is 0.494 e. The van der Waals surface area contributed by atoms with Gasteiger partial charge in [0.1, 0.15) is 28.9 Å². The van der Waals surface area contributed by atoms with E-state index in [9.17, 15) is 19.7 Å². The summed E-state index contributed by atoms with van der Waals surface area (Å²) in [5.41, 5.74) is 1.92. The minimum atomic E-state index is -0.398. The highest BCUT2D eigenvalue weighted by Gasteiger charge is 2.30. The molecule has 0 aliphatic heterocycles. The van der Waals surface area contributed by atoms with Crippen molar-refractivity contribution in [3.8, 4) is 17.9 Å². The third-order valence-corrected chi connectivity index (χ3v) is 7.60. The Bertz CT molecular complexity index is 1560. The van der Waals surface area contributed by atoms with Crippen molar-refractivity contribution in [1.29, 1.82) is 10.5 Å². The van der Waals surface area contributed by atoms with Gasteiger partial charge in [0, 0.05) is 33.2 Å². The second-order valence-corrected chi connectivity index (χ2v) is 11.7. The average Bonchev–Trinajstić information content (AvgIpc) is 2.94. The maximum Gasteiger partial charge on any atom is 0.270 e. The van der Waals surface area contributed by atoms with E-state index in [-0.39, 0.29) is 28.6 Å². The molecule has 41 heavy (non-hydrogen) atoms. The van der Waals surface area contributed by atoms with E-state index >= 15 is 0 Å². The number of methoxy groups -OCH3 is 1. The van der Waals surface area contributed by atoms with Crippen LogP contribution in [0.4, 0.5) is 10.1 Å². The number of benzene rings is 1. The van der Waals surface area contributed by atoms with E-state index in [2.05, 4.69) is 17.1 Å². The highest BCUT2D eigenvalue weighted by Crippen LogP contribution is 2.35. The number of pyridine rings is 2. The maximum absolute atomic E-state index is 14.0. The standard InChI is InChI=1S/C31H37FN6O3/c1-31(2,3)41-38(19-21-9-13-25(32)27(15-21)40-6)18-20-7-11-23(12-8-20)36(4)29-24(17-34)30(39)37(5)26-14-10-22(16-33)35-28(26)29/h9-10,13-15,20,23H,7-8,11-12,18-19H2,1-6H3. The van der Waals surface area contributed by atoms with E-state index in [0.29, 0.717) is 35.7 Å². The minimum absolute atomic E-state index is 0.0340. The van der Waals surface area contributed by atoms with E-state index in [0.717, 1.165) is 31.2 Å². The van der Waals surface area contributed by atoms with Crippen LogP contribution in [0.1, 0.15) is 63.3 Å². The third kappa shape index (κ3) is 6.67.